The Hall–Kier alpha value is -0.740. The smallest absolute Gasteiger partial charge is 0.167 e. The molecular formula is C12H15BrO3. The molecule has 1 fully saturated rings. The number of benzene rings is 1. The van der Waals surface area contributed by atoms with Crippen molar-refractivity contribution < 1.29 is 14.6 Å². The van der Waals surface area contributed by atoms with E-state index in [-0.39, 0.29) is 12.7 Å². The molecule has 0 bridgehead atoms. The number of methoxy groups -OCH3 is 1. The molecule has 0 saturated heterocycles. The van der Waals surface area contributed by atoms with Crippen molar-refractivity contribution in [2.24, 2.45) is 0 Å². The summed E-state index contributed by atoms with van der Waals surface area (Å²) in [5, 5.41) is 9.31. The molecule has 0 aromatic heterocycles. The summed E-state index contributed by atoms with van der Waals surface area (Å²) in [6.45, 7) is -0.0438. The summed E-state index contributed by atoms with van der Waals surface area (Å²) < 4.78 is 12.0. The normalized spacial score (nSPS) is 15.7. The topological polar surface area (TPSA) is 38.7 Å². The standard InChI is InChI=1S/C12H15BrO3/c1-15-11-6-9(13)5-8(7-14)12(11)16-10-3-2-4-10/h5-6,10,14H,2-4,7H2,1H3. The maximum atomic E-state index is 9.31. The van der Waals surface area contributed by atoms with Crippen molar-refractivity contribution in [3.63, 3.8) is 0 Å². The number of aliphatic hydroxyl groups is 1. The molecule has 1 N–H and O–H groups in total. The number of ether oxygens (including phenoxy) is 2. The minimum atomic E-state index is -0.0438. The Kier molecular flexibility index (Phi) is 3.71. The van der Waals surface area contributed by atoms with Gasteiger partial charge in [0.15, 0.2) is 11.5 Å². The maximum absolute atomic E-state index is 9.31. The van der Waals surface area contributed by atoms with Gasteiger partial charge in [-0.1, -0.05) is 15.9 Å². The van der Waals surface area contributed by atoms with Gasteiger partial charge in [-0.2, -0.15) is 0 Å². The molecule has 0 aliphatic heterocycles. The molecule has 1 aliphatic rings. The number of hydrogen-bond donors (Lipinski definition) is 1. The summed E-state index contributed by atoms with van der Waals surface area (Å²) in [5.41, 5.74) is 0.762. The Morgan fingerprint density at radius 1 is 1.44 bits per heavy atom. The van der Waals surface area contributed by atoms with Gasteiger partial charge in [-0.15, -0.1) is 0 Å². The summed E-state index contributed by atoms with van der Waals surface area (Å²) in [6, 6.07) is 3.71. The highest BCUT2D eigenvalue weighted by molar-refractivity contribution is 9.10. The molecule has 4 heteroatoms. The SMILES string of the molecule is COc1cc(Br)cc(CO)c1OC1CCC1. The van der Waals surface area contributed by atoms with Gasteiger partial charge >= 0.3 is 0 Å². The van der Waals surface area contributed by atoms with E-state index >= 15 is 0 Å². The molecule has 1 saturated carbocycles. The molecule has 0 spiro atoms. The van der Waals surface area contributed by atoms with Crippen LogP contribution in [0.15, 0.2) is 16.6 Å². The summed E-state index contributed by atoms with van der Waals surface area (Å²) in [5.74, 6) is 1.35. The molecule has 2 rings (SSSR count). The Morgan fingerprint density at radius 3 is 2.69 bits per heavy atom. The van der Waals surface area contributed by atoms with Crippen molar-refractivity contribution >= 4 is 15.9 Å². The summed E-state index contributed by atoms with van der Waals surface area (Å²) in [4.78, 5) is 0. The van der Waals surface area contributed by atoms with E-state index in [0.29, 0.717) is 11.5 Å². The highest BCUT2D eigenvalue weighted by atomic mass is 79.9. The van der Waals surface area contributed by atoms with Gasteiger partial charge in [0.05, 0.1) is 19.8 Å². The second-order valence-electron chi connectivity index (χ2n) is 3.93. The molecule has 1 aromatic carbocycles. The lowest BCUT2D eigenvalue weighted by molar-refractivity contribution is 0.112. The van der Waals surface area contributed by atoms with Crippen LogP contribution in [0, 0.1) is 0 Å². The summed E-state index contributed by atoms with van der Waals surface area (Å²) >= 11 is 3.38. The summed E-state index contributed by atoms with van der Waals surface area (Å²) in [6.07, 6.45) is 3.67. The lowest BCUT2D eigenvalue weighted by Crippen LogP contribution is -2.25. The number of rotatable bonds is 4. The van der Waals surface area contributed by atoms with Gasteiger partial charge in [-0.3, -0.25) is 0 Å². The van der Waals surface area contributed by atoms with Crippen molar-refractivity contribution in [2.45, 2.75) is 32.0 Å². The van der Waals surface area contributed by atoms with Crippen LogP contribution >= 0.6 is 15.9 Å². The van der Waals surface area contributed by atoms with E-state index in [1.165, 1.54) is 6.42 Å². The van der Waals surface area contributed by atoms with Crippen LogP contribution in [-0.2, 0) is 6.61 Å². The van der Waals surface area contributed by atoms with Crippen molar-refractivity contribution in [1.82, 2.24) is 0 Å². The monoisotopic (exact) mass is 286 g/mol. The van der Waals surface area contributed by atoms with E-state index < -0.39 is 0 Å². The fourth-order valence-electron chi connectivity index (χ4n) is 1.68. The van der Waals surface area contributed by atoms with Crippen LogP contribution in [0.3, 0.4) is 0 Å². The van der Waals surface area contributed by atoms with Gasteiger partial charge in [-0.05, 0) is 31.4 Å². The average Bonchev–Trinajstić information content (AvgIpc) is 2.23. The quantitative estimate of drug-likeness (QED) is 0.925. The predicted octanol–water partition coefficient (Wildman–Crippen LogP) is 2.88. The van der Waals surface area contributed by atoms with Gasteiger partial charge in [0.1, 0.15) is 0 Å². The van der Waals surface area contributed by atoms with Crippen LogP contribution in [0.25, 0.3) is 0 Å². The van der Waals surface area contributed by atoms with Crippen LogP contribution in [0.1, 0.15) is 24.8 Å². The first kappa shape index (κ1) is 11.7. The maximum Gasteiger partial charge on any atom is 0.167 e. The minimum Gasteiger partial charge on any atom is -0.493 e. The second kappa shape index (κ2) is 5.06. The molecule has 0 atom stereocenters. The molecule has 0 amide bonds. The van der Waals surface area contributed by atoms with Crippen LogP contribution in [0.4, 0.5) is 0 Å². The number of halogens is 1. The van der Waals surface area contributed by atoms with Crippen LogP contribution in [0.5, 0.6) is 11.5 Å². The zero-order valence-corrected chi connectivity index (χ0v) is 10.8. The summed E-state index contributed by atoms with van der Waals surface area (Å²) in [7, 11) is 1.61. The van der Waals surface area contributed by atoms with E-state index in [9.17, 15) is 5.11 Å². The van der Waals surface area contributed by atoms with E-state index in [4.69, 9.17) is 9.47 Å². The Morgan fingerprint density at radius 2 is 2.19 bits per heavy atom. The first-order valence-electron chi connectivity index (χ1n) is 5.38. The van der Waals surface area contributed by atoms with E-state index in [1.54, 1.807) is 7.11 Å². The van der Waals surface area contributed by atoms with Crippen molar-refractivity contribution in [3.05, 3.63) is 22.2 Å². The van der Waals surface area contributed by atoms with Crippen molar-refractivity contribution in [1.29, 1.82) is 0 Å². The van der Waals surface area contributed by atoms with E-state index in [2.05, 4.69) is 15.9 Å². The predicted molar refractivity (Wildman–Crippen MR) is 64.9 cm³/mol. The van der Waals surface area contributed by atoms with E-state index in [1.807, 2.05) is 12.1 Å². The highest BCUT2D eigenvalue weighted by Gasteiger charge is 2.22. The van der Waals surface area contributed by atoms with Crippen molar-refractivity contribution in [3.8, 4) is 11.5 Å². The molecule has 0 radical (unpaired) electrons. The fourth-order valence-corrected chi connectivity index (χ4v) is 2.17. The third-order valence-corrected chi connectivity index (χ3v) is 3.28. The number of aliphatic hydroxyl groups excluding tert-OH is 1. The van der Waals surface area contributed by atoms with Gasteiger partial charge < -0.3 is 14.6 Å². The van der Waals surface area contributed by atoms with Gasteiger partial charge in [0, 0.05) is 10.0 Å². The Balaban J connectivity index is 2.30. The molecule has 0 unspecified atom stereocenters. The fraction of sp³-hybridized carbons (Fsp3) is 0.500. The molecule has 1 aliphatic carbocycles. The molecule has 3 nitrogen and oxygen atoms in total. The molecule has 88 valence electrons. The highest BCUT2D eigenvalue weighted by Crippen LogP contribution is 2.37. The minimum absolute atomic E-state index is 0.0438. The largest absolute Gasteiger partial charge is 0.493 e. The van der Waals surface area contributed by atoms with Crippen LogP contribution < -0.4 is 9.47 Å². The Bertz CT molecular complexity index is 350. The van der Waals surface area contributed by atoms with Gasteiger partial charge in [0.25, 0.3) is 0 Å². The zero-order chi connectivity index (χ0) is 11.5. The third-order valence-electron chi connectivity index (χ3n) is 2.82. The molecule has 0 heterocycles. The lowest BCUT2D eigenvalue weighted by atomic mass is 9.96. The molecular weight excluding hydrogens is 272 g/mol. The van der Waals surface area contributed by atoms with Crippen molar-refractivity contribution in [2.75, 3.05) is 7.11 Å². The Labute approximate surface area is 104 Å². The average molecular weight is 287 g/mol. The molecule has 1 aromatic rings. The number of hydrogen-bond acceptors (Lipinski definition) is 3. The van der Waals surface area contributed by atoms with Crippen LogP contribution in [0.2, 0.25) is 0 Å². The first-order valence-corrected chi connectivity index (χ1v) is 6.18. The third kappa shape index (κ3) is 2.33. The van der Waals surface area contributed by atoms with Gasteiger partial charge in [-0.25, -0.2) is 0 Å². The molecule has 16 heavy (non-hydrogen) atoms. The van der Waals surface area contributed by atoms with Crippen LogP contribution in [-0.4, -0.2) is 18.3 Å². The van der Waals surface area contributed by atoms with E-state index in [0.717, 1.165) is 22.9 Å². The second-order valence-corrected chi connectivity index (χ2v) is 4.84. The lowest BCUT2D eigenvalue weighted by Gasteiger charge is -2.28. The first-order chi connectivity index (χ1) is 7.74. The van der Waals surface area contributed by atoms with Gasteiger partial charge in [0.2, 0.25) is 0 Å². The zero-order valence-electron chi connectivity index (χ0n) is 9.20.